The molecule has 0 saturated heterocycles. The summed E-state index contributed by atoms with van der Waals surface area (Å²) in [7, 11) is 1.53. The molecular weight excluding hydrogens is 616 g/mol. The molecule has 0 radical (unpaired) electrons. The van der Waals surface area contributed by atoms with Crippen molar-refractivity contribution in [2.75, 3.05) is 36.4 Å². The zero-order valence-electron chi connectivity index (χ0n) is 25.6. The molecule has 2 N–H and O–H groups in total. The van der Waals surface area contributed by atoms with Crippen LogP contribution in [-0.4, -0.2) is 62.3 Å². The number of nitrogens with one attached hydrogen (secondary N) is 1. The van der Waals surface area contributed by atoms with Gasteiger partial charge in [-0.2, -0.15) is 0 Å². The monoisotopic (exact) mass is 651 g/mol. The fraction of sp³-hybridized carbons (Fsp3) is 0.323. The van der Waals surface area contributed by atoms with E-state index in [1.165, 1.54) is 19.2 Å². The summed E-state index contributed by atoms with van der Waals surface area (Å²) in [6.07, 6.45) is 1.78. The summed E-state index contributed by atoms with van der Waals surface area (Å²) in [6.45, 7) is 9.16. The second-order valence-corrected chi connectivity index (χ2v) is 11.3. The van der Waals surface area contributed by atoms with Gasteiger partial charge in [0.2, 0.25) is 10.0 Å². The molecule has 4 rings (SSSR count). The number of hydrogen-bond donors (Lipinski definition) is 2. The molecule has 1 aromatic heterocycles. The number of para-hydroxylation sites is 2. The molecule has 12 nitrogen and oxygen atoms in total. The largest absolute Gasteiger partial charge is 0.497 e. The number of nitrogens with zero attached hydrogens (tertiary/aromatic N) is 7. The molecular formula is C31H36ClN8O4S+. The number of carbonyl (C=O) groups is 1. The number of benzene rings is 3. The highest BCUT2D eigenvalue weighted by molar-refractivity contribution is 7.81. The standard InChI is InChI=1S/C31H35ClN8O4S/c1-5-39(6-2)18-10-11-21(3)36-38-37-31(41)22-12-9-13-23(19-22)40(45(42)43)30-29(33-26-14-7-8-15-27(26)35-30)34-28-20-24(44-4)16-17-25(28)32/h7-9,12-17,19-21H,5-6,10-11,18H2,1-4H3,(H-,33,34,42,43)/p+1. The fourth-order valence-electron chi connectivity index (χ4n) is 4.54. The van der Waals surface area contributed by atoms with Crippen LogP contribution in [0.2, 0.25) is 5.02 Å². The minimum atomic E-state index is -2.62. The van der Waals surface area contributed by atoms with Gasteiger partial charge in [0.15, 0.2) is 11.6 Å². The van der Waals surface area contributed by atoms with Crippen molar-refractivity contribution in [2.45, 2.75) is 39.7 Å². The van der Waals surface area contributed by atoms with E-state index < -0.39 is 17.2 Å². The van der Waals surface area contributed by atoms with Crippen molar-refractivity contribution >= 4 is 62.8 Å². The first-order valence-electron chi connectivity index (χ1n) is 14.5. The predicted octanol–water partition coefficient (Wildman–Crippen LogP) is 6.93. The number of hydrogen-bond acceptors (Lipinski definition) is 8. The van der Waals surface area contributed by atoms with E-state index in [0.717, 1.165) is 36.8 Å². The number of rotatable bonds is 14. The van der Waals surface area contributed by atoms with Crippen molar-refractivity contribution in [3.8, 4) is 5.75 Å². The van der Waals surface area contributed by atoms with Crippen LogP contribution in [0, 0.1) is 0 Å². The van der Waals surface area contributed by atoms with Crippen LogP contribution in [0.3, 0.4) is 0 Å². The average Bonchev–Trinajstić information content (AvgIpc) is 3.04. The van der Waals surface area contributed by atoms with Crippen LogP contribution in [0.25, 0.3) is 11.0 Å². The van der Waals surface area contributed by atoms with Crippen molar-refractivity contribution in [2.24, 2.45) is 10.2 Å². The van der Waals surface area contributed by atoms with E-state index >= 15 is 0 Å². The Bertz CT molecular complexity index is 1730. The minimum absolute atomic E-state index is 0.0215. The zero-order valence-corrected chi connectivity index (χ0v) is 27.1. The molecule has 14 heteroatoms. The van der Waals surface area contributed by atoms with Crippen molar-refractivity contribution in [1.29, 1.82) is 0 Å². The summed E-state index contributed by atoms with van der Waals surface area (Å²) in [5.41, 5.74) is 1.82. The first-order valence-corrected chi connectivity index (χ1v) is 15.9. The Kier molecular flexibility index (Phi) is 12.1. The van der Waals surface area contributed by atoms with Crippen LogP contribution >= 0.6 is 11.6 Å². The number of ether oxygens (including phenoxy) is 1. The average molecular weight is 652 g/mol. The molecule has 0 fully saturated rings. The number of amides is 1. The molecule has 0 aliphatic carbocycles. The Morgan fingerprint density at radius 1 is 1.09 bits per heavy atom. The van der Waals surface area contributed by atoms with E-state index in [1.54, 1.807) is 48.5 Å². The molecule has 1 amide bonds. The van der Waals surface area contributed by atoms with Crippen molar-refractivity contribution in [1.82, 2.24) is 19.8 Å². The summed E-state index contributed by atoms with van der Waals surface area (Å²) in [4.78, 5) is 28.4. The third-order valence-corrected chi connectivity index (χ3v) is 8.06. The SMILES string of the molecule is CCN(CC)CCCC(C)N=[N+]=NC(=O)c1cccc(N(c2nc3ccccc3nc2Nc2cc(OC)ccc2Cl)S(=O)O)c1. The molecule has 0 spiro atoms. The Balaban J connectivity index is 1.64. The Morgan fingerprint density at radius 3 is 2.51 bits per heavy atom. The van der Waals surface area contributed by atoms with Gasteiger partial charge in [-0.25, -0.2) is 18.5 Å². The second-order valence-electron chi connectivity index (χ2n) is 10.1. The quantitative estimate of drug-likeness (QED) is 0.0847. The molecule has 0 aliphatic rings. The number of fused-ring (bicyclic) bond motifs is 1. The summed E-state index contributed by atoms with van der Waals surface area (Å²) < 4.78 is 29.7. The second kappa shape index (κ2) is 16.2. The molecule has 236 valence electrons. The van der Waals surface area contributed by atoms with Gasteiger partial charge < -0.3 is 15.0 Å². The van der Waals surface area contributed by atoms with Gasteiger partial charge in [0.25, 0.3) is 11.3 Å². The third kappa shape index (κ3) is 8.90. The first-order chi connectivity index (χ1) is 21.7. The molecule has 3 aromatic carbocycles. The highest BCUT2D eigenvalue weighted by Crippen LogP contribution is 2.36. The Labute approximate surface area is 269 Å². The van der Waals surface area contributed by atoms with Crippen LogP contribution in [-0.2, 0) is 11.3 Å². The lowest BCUT2D eigenvalue weighted by Gasteiger charge is -2.22. The first kappa shape index (κ1) is 33.6. The van der Waals surface area contributed by atoms with Gasteiger partial charge >= 0.3 is 5.91 Å². The summed E-state index contributed by atoms with van der Waals surface area (Å²) in [5, 5.41) is 11.4. The normalized spacial score (nSPS) is 12.3. The van der Waals surface area contributed by atoms with Gasteiger partial charge in [0, 0.05) is 6.07 Å². The van der Waals surface area contributed by atoms with Crippen LogP contribution in [0.15, 0.2) is 77.0 Å². The highest BCUT2D eigenvalue weighted by Gasteiger charge is 2.25. The molecule has 1 heterocycles. The lowest BCUT2D eigenvalue weighted by molar-refractivity contribution is 0.0992. The van der Waals surface area contributed by atoms with E-state index in [4.69, 9.17) is 16.3 Å². The highest BCUT2D eigenvalue weighted by atomic mass is 35.5. The lowest BCUT2D eigenvalue weighted by Crippen LogP contribution is -2.24. The van der Waals surface area contributed by atoms with Crippen LogP contribution < -0.4 is 19.3 Å². The molecule has 2 atom stereocenters. The fourth-order valence-corrected chi connectivity index (χ4v) is 5.28. The van der Waals surface area contributed by atoms with Crippen molar-refractivity contribution in [3.63, 3.8) is 0 Å². The van der Waals surface area contributed by atoms with Crippen molar-refractivity contribution < 1.29 is 18.3 Å². The van der Waals surface area contributed by atoms with Crippen LogP contribution in [0.5, 0.6) is 5.75 Å². The molecule has 0 bridgehead atoms. The summed E-state index contributed by atoms with van der Waals surface area (Å²) >= 11 is 3.82. The Morgan fingerprint density at radius 2 is 1.82 bits per heavy atom. The minimum Gasteiger partial charge on any atom is -0.497 e. The van der Waals surface area contributed by atoms with E-state index in [0.29, 0.717) is 27.5 Å². The molecule has 4 aromatic rings. The maximum absolute atomic E-state index is 12.9. The summed E-state index contributed by atoms with van der Waals surface area (Å²) in [6, 6.07) is 18.2. The summed E-state index contributed by atoms with van der Waals surface area (Å²) in [5.74, 6) is 0.0660. The maximum Gasteiger partial charge on any atom is 0.360 e. The molecule has 2 unspecified atom stereocenters. The third-order valence-electron chi connectivity index (χ3n) is 7.03. The van der Waals surface area contributed by atoms with Crippen LogP contribution in [0.1, 0.15) is 44.0 Å². The van der Waals surface area contributed by atoms with Gasteiger partial charge in [-0.1, -0.05) is 43.6 Å². The van der Waals surface area contributed by atoms with Gasteiger partial charge in [0.1, 0.15) is 16.9 Å². The number of carbonyl (C=O) groups excluding carboxylic acids is 1. The lowest BCUT2D eigenvalue weighted by atomic mass is 10.2. The smallest absolute Gasteiger partial charge is 0.360 e. The molecule has 0 saturated carbocycles. The number of methoxy groups -OCH3 is 1. The van der Waals surface area contributed by atoms with Gasteiger partial charge in [-0.3, -0.25) is 9.35 Å². The number of halogens is 1. The molecule has 0 aliphatic heterocycles. The van der Waals surface area contributed by atoms with Gasteiger partial charge in [-0.15, -0.1) is 0 Å². The van der Waals surface area contributed by atoms with E-state index in [2.05, 4.69) is 49.2 Å². The number of anilines is 4. The zero-order chi connectivity index (χ0) is 32.3. The Hall–Kier alpha value is -4.26. The van der Waals surface area contributed by atoms with Gasteiger partial charge in [-0.05, 0) is 81.9 Å². The van der Waals surface area contributed by atoms with E-state index in [9.17, 15) is 13.6 Å². The van der Waals surface area contributed by atoms with Crippen LogP contribution in [0.4, 0.5) is 23.0 Å². The molecule has 45 heavy (non-hydrogen) atoms. The van der Waals surface area contributed by atoms with Crippen molar-refractivity contribution in [3.05, 3.63) is 77.3 Å². The van der Waals surface area contributed by atoms with E-state index in [1.807, 2.05) is 13.0 Å². The van der Waals surface area contributed by atoms with E-state index in [-0.39, 0.29) is 28.9 Å². The number of aromatic nitrogens is 2. The van der Waals surface area contributed by atoms with Gasteiger partial charge in [0.05, 0.1) is 40.1 Å². The predicted molar refractivity (Wildman–Crippen MR) is 178 cm³/mol. The topological polar surface area (TPSA) is 147 Å². The maximum atomic E-state index is 12.9.